The molecule has 2 aromatic rings. The lowest BCUT2D eigenvalue weighted by Gasteiger charge is -2.33. The van der Waals surface area contributed by atoms with Crippen molar-refractivity contribution in [3.05, 3.63) is 40.0 Å². The summed E-state index contributed by atoms with van der Waals surface area (Å²) < 4.78 is 0. The van der Waals surface area contributed by atoms with Crippen molar-refractivity contribution < 1.29 is 0 Å². The molecule has 0 radical (unpaired) electrons. The molecule has 1 fully saturated rings. The number of hydrogen-bond acceptors (Lipinski definition) is 6. The summed E-state index contributed by atoms with van der Waals surface area (Å²) in [5.41, 5.74) is 2.26. The Labute approximate surface area is 172 Å². The molecule has 1 aliphatic rings. The lowest BCUT2D eigenvalue weighted by Crippen LogP contribution is -2.44. The Morgan fingerprint density at radius 1 is 1.32 bits per heavy atom. The molecule has 0 spiro atoms. The Kier molecular flexibility index (Phi) is 7.22. The Morgan fingerprint density at radius 2 is 2.11 bits per heavy atom. The summed E-state index contributed by atoms with van der Waals surface area (Å²) in [4.78, 5) is 20.8. The van der Waals surface area contributed by atoms with Crippen LogP contribution in [0.1, 0.15) is 23.2 Å². The lowest BCUT2D eigenvalue weighted by molar-refractivity contribution is 0.312. The van der Waals surface area contributed by atoms with Crippen LogP contribution >= 0.6 is 11.3 Å². The van der Waals surface area contributed by atoms with E-state index in [0.717, 1.165) is 61.7 Å². The highest BCUT2D eigenvalue weighted by atomic mass is 32.1. The maximum Gasteiger partial charge on any atom is 0.194 e. The molecule has 3 heterocycles. The zero-order chi connectivity index (χ0) is 19.9. The highest BCUT2D eigenvalue weighted by Crippen LogP contribution is 2.16. The van der Waals surface area contributed by atoms with Crippen LogP contribution in [0, 0.1) is 6.92 Å². The summed E-state index contributed by atoms with van der Waals surface area (Å²) in [6.07, 6.45) is 1.90. The number of anilines is 1. The van der Waals surface area contributed by atoms with Crippen LogP contribution in [0.2, 0.25) is 0 Å². The number of hydrogen-bond donors (Lipinski definition) is 1. The minimum absolute atomic E-state index is 0.631. The summed E-state index contributed by atoms with van der Waals surface area (Å²) in [7, 11) is 4.22. The lowest BCUT2D eigenvalue weighted by atomic mass is 10.2. The van der Waals surface area contributed by atoms with Gasteiger partial charge in [0.2, 0.25) is 0 Å². The third-order valence-corrected chi connectivity index (χ3v) is 5.63. The van der Waals surface area contributed by atoms with E-state index in [2.05, 4.69) is 68.5 Å². The van der Waals surface area contributed by atoms with E-state index >= 15 is 0 Å². The van der Waals surface area contributed by atoms with E-state index in [4.69, 9.17) is 4.99 Å². The highest BCUT2D eigenvalue weighted by molar-refractivity contribution is 7.09. The first-order valence-electron chi connectivity index (χ1n) is 9.84. The zero-order valence-electron chi connectivity index (χ0n) is 17.4. The van der Waals surface area contributed by atoms with E-state index in [0.29, 0.717) is 6.54 Å². The number of nitrogens with one attached hydrogen (secondary N) is 1. The van der Waals surface area contributed by atoms with Crippen molar-refractivity contribution in [1.82, 2.24) is 25.1 Å². The molecule has 0 bridgehead atoms. The van der Waals surface area contributed by atoms with Crippen LogP contribution in [0.3, 0.4) is 0 Å². The second kappa shape index (κ2) is 9.84. The summed E-state index contributed by atoms with van der Waals surface area (Å²) in [5.74, 6) is 1.95. The van der Waals surface area contributed by atoms with Crippen LogP contribution < -0.4 is 10.2 Å². The molecule has 7 nitrogen and oxygen atoms in total. The molecule has 152 valence electrons. The van der Waals surface area contributed by atoms with Crippen LogP contribution in [-0.4, -0.2) is 72.5 Å². The van der Waals surface area contributed by atoms with Gasteiger partial charge in [-0.2, -0.15) is 0 Å². The molecular weight excluding hydrogens is 370 g/mol. The first-order valence-corrected chi connectivity index (χ1v) is 10.7. The smallest absolute Gasteiger partial charge is 0.194 e. The molecular formula is C20H31N7S. The van der Waals surface area contributed by atoms with Crippen molar-refractivity contribution in [2.75, 3.05) is 51.7 Å². The van der Waals surface area contributed by atoms with Gasteiger partial charge >= 0.3 is 0 Å². The predicted octanol–water partition coefficient (Wildman–Crippen LogP) is 2.20. The van der Waals surface area contributed by atoms with Gasteiger partial charge in [-0.3, -0.25) is 0 Å². The molecule has 1 saturated heterocycles. The molecule has 3 rings (SSSR count). The molecule has 0 unspecified atom stereocenters. The average Bonchev–Trinajstić information content (AvgIpc) is 3.10. The van der Waals surface area contributed by atoms with Crippen molar-refractivity contribution in [2.24, 2.45) is 4.99 Å². The second-order valence-corrected chi connectivity index (χ2v) is 8.26. The normalized spacial score (nSPS) is 15.7. The molecule has 0 aromatic carbocycles. The molecule has 1 N–H and O–H groups in total. The van der Waals surface area contributed by atoms with Crippen molar-refractivity contribution in [1.29, 1.82) is 0 Å². The van der Waals surface area contributed by atoms with Crippen LogP contribution in [0.5, 0.6) is 0 Å². The molecule has 0 saturated carbocycles. The standard InChI is InChI=1S/C20H31N7S/c1-5-21-20(26(4)14-18-15-28-16(2)24-18)23-13-17-6-7-22-19(12-17)27-10-8-25(3)9-11-27/h6-7,12,15H,5,8-11,13-14H2,1-4H3,(H,21,23). The number of guanidine groups is 1. The largest absolute Gasteiger partial charge is 0.357 e. The van der Waals surface area contributed by atoms with E-state index in [1.165, 1.54) is 5.56 Å². The number of aliphatic imine (C=N–C) groups is 1. The number of aromatic nitrogens is 2. The van der Waals surface area contributed by atoms with Gasteiger partial charge in [-0.05, 0) is 38.6 Å². The minimum Gasteiger partial charge on any atom is -0.357 e. The molecule has 1 aliphatic heterocycles. The van der Waals surface area contributed by atoms with E-state index < -0.39 is 0 Å². The molecule has 28 heavy (non-hydrogen) atoms. The third kappa shape index (κ3) is 5.65. The van der Waals surface area contributed by atoms with Gasteiger partial charge in [-0.15, -0.1) is 11.3 Å². The fourth-order valence-corrected chi connectivity index (χ4v) is 3.81. The number of likely N-dealkylation sites (N-methyl/N-ethyl adjacent to an activating group) is 1. The maximum atomic E-state index is 4.84. The fourth-order valence-electron chi connectivity index (χ4n) is 3.20. The van der Waals surface area contributed by atoms with Crippen molar-refractivity contribution in [3.8, 4) is 0 Å². The number of aryl methyl sites for hydroxylation is 1. The van der Waals surface area contributed by atoms with Gasteiger partial charge in [0.05, 0.1) is 23.8 Å². The zero-order valence-corrected chi connectivity index (χ0v) is 18.2. The van der Waals surface area contributed by atoms with Crippen LogP contribution in [0.25, 0.3) is 0 Å². The second-order valence-electron chi connectivity index (χ2n) is 7.20. The van der Waals surface area contributed by atoms with Crippen LogP contribution in [0.15, 0.2) is 28.7 Å². The Hall–Kier alpha value is -2.19. The number of thiazole rings is 1. The number of piperazine rings is 1. The number of pyridine rings is 1. The topological polar surface area (TPSA) is 59.9 Å². The summed E-state index contributed by atoms with van der Waals surface area (Å²) in [6, 6.07) is 4.22. The van der Waals surface area contributed by atoms with E-state index in [-0.39, 0.29) is 0 Å². The molecule has 0 amide bonds. The molecule has 0 aliphatic carbocycles. The number of rotatable bonds is 6. The van der Waals surface area contributed by atoms with E-state index in [1.807, 2.05) is 13.1 Å². The van der Waals surface area contributed by atoms with Gasteiger partial charge < -0.3 is 20.0 Å². The summed E-state index contributed by atoms with van der Waals surface area (Å²) >= 11 is 1.68. The van der Waals surface area contributed by atoms with Gasteiger partial charge in [0.1, 0.15) is 5.82 Å². The van der Waals surface area contributed by atoms with Gasteiger partial charge in [0, 0.05) is 51.3 Å². The summed E-state index contributed by atoms with van der Waals surface area (Å²) in [5, 5.41) is 6.59. The SMILES string of the molecule is CCNC(=NCc1ccnc(N2CCN(C)CC2)c1)N(C)Cc1csc(C)n1. The summed E-state index contributed by atoms with van der Waals surface area (Å²) in [6.45, 7) is 10.5. The molecule has 0 atom stereocenters. The Bertz CT molecular complexity index is 780. The highest BCUT2D eigenvalue weighted by Gasteiger charge is 2.15. The molecule has 2 aromatic heterocycles. The predicted molar refractivity (Wildman–Crippen MR) is 117 cm³/mol. The van der Waals surface area contributed by atoms with Crippen LogP contribution in [0.4, 0.5) is 5.82 Å². The first kappa shape index (κ1) is 20.5. The van der Waals surface area contributed by atoms with E-state index in [9.17, 15) is 0 Å². The van der Waals surface area contributed by atoms with Gasteiger partial charge in [0.15, 0.2) is 5.96 Å². The minimum atomic E-state index is 0.631. The average molecular weight is 402 g/mol. The van der Waals surface area contributed by atoms with E-state index in [1.54, 1.807) is 11.3 Å². The maximum absolute atomic E-state index is 4.84. The molecule has 8 heteroatoms. The fraction of sp³-hybridized carbons (Fsp3) is 0.550. The quantitative estimate of drug-likeness (QED) is 0.592. The van der Waals surface area contributed by atoms with Crippen LogP contribution in [-0.2, 0) is 13.1 Å². The van der Waals surface area contributed by atoms with Gasteiger partial charge in [-0.25, -0.2) is 15.0 Å². The number of nitrogens with zero attached hydrogens (tertiary/aromatic N) is 6. The van der Waals surface area contributed by atoms with Crippen molar-refractivity contribution in [3.63, 3.8) is 0 Å². The Morgan fingerprint density at radius 3 is 2.79 bits per heavy atom. The van der Waals surface area contributed by atoms with Crippen molar-refractivity contribution in [2.45, 2.75) is 26.9 Å². The van der Waals surface area contributed by atoms with Crippen molar-refractivity contribution >= 4 is 23.1 Å². The first-order chi connectivity index (χ1) is 13.5. The third-order valence-electron chi connectivity index (χ3n) is 4.81. The Balaban J connectivity index is 1.66. The van der Waals surface area contributed by atoms with Gasteiger partial charge in [0.25, 0.3) is 0 Å². The monoisotopic (exact) mass is 401 g/mol. The van der Waals surface area contributed by atoms with Gasteiger partial charge in [-0.1, -0.05) is 0 Å².